The lowest BCUT2D eigenvalue weighted by atomic mass is 10.1. The Morgan fingerprint density at radius 3 is 2.81 bits per heavy atom. The van der Waals surface area contributed by atoms with Crippen molar-refractivity contribution < 1.29 is 9.53 Å². The van der Waals surface area contributed by atoms with Crippen molar-refractivity contribution in [2.45, 2.75) is 20.4 Å². The molecule has 1 heterocycles. The maximum absolute atomic E-state index is 11.5. The molecule has 2 rings (SSSR count). The Kier molecular flexibility index (Phi) is 5.47. The molecule has 0 aliphatic rings. The molecular weight excluding hydrogens is 284 g/mol. The van der Waals surface area contributed by atoms with Crippen LogP contribution < -0.4 is 4.74 Å². The van der Waals surface area contributed by atoms with Crippen LogP contribution in [0.1, 0.15) is 28.0 Å². The van der Waals surface area contributed by atoms with E-state index in [0.717, 1.165) is 23.8 Å². The second-order valence-corrected chi connectivity index (χ2v) is 6.06. The Labute approximate surface area is 129 Å². The molecule has 1 aromatic heterocycles. The van der Waals surface area contributed by atoms with E-state index in [1.165, 1.54) is 0 Å². The lowest BCUT2D eigenvalue weighted by molar-refractivity contribution is 0.101. The molecule has 0 aliphatic heterocycles. The molecule has 0 spiro atoms. The molecule has 5 heteroatoms. The number of aromatic nitrogens is 1. The molecule has 0 amide bonds. The van der Waals surface area contributed by atoms with E-state index in [-0.39, 0.29) is 5.78 Å². The van der Waals surface area contributed by atoms with Crippen LogP contribution in [0.15, 0.2) is 29.6 Å². The quantitative estimate of drug-likeness (QED) is 0.737. The number of carbonyl (C=O) groups is 1. The summed E-state index contributed by atoms with van der Waals surface area (Å²) in [6.07, 6.45) is 0. The number of hydrogen-bond acceptors (Lipinski definition) is 5. The van der Waals surface area contributed by atoms with E-state index in [2.05, 4.69) is 15.3 Å². The van der Waals surface area contributed by atoms with E-state index in [9.17, 15) is 4.79 Å². The van der Waals surface area contributed by atoms with E-state index in [1.807, 2.05) is 32.2 Å². The van der Waals surface area contributed by atoms with Gasteiger partial charge in [-0.3, -0.25) is 9.69 Å². The minimum atomic E-state index is 0.0249. The van der Waals surface area contributed by atoms with Crippen LogP contribution in [0.4, 0.5) is 0 Å². The second-order valence-electron chi connectivity index (χ2n) is 5.00. The highest BCUT2D eigenvalue weighted by Crippen LogP contribution is 2.18. The maximum Gasteiger partial charge on any atom is 0.163 e. The van der Waals surface area contributed by atoms with E-state index >= 15 is 0 Å². The molecule has 2 aromatic rings. The first-order chi connectivity index (χ1) is 10.1. The fourth-order valence-electron chi connectivity index (χ4n) is 2.03. The SMILES string of the molecule is CC(=O)c1ccccc1OCCN(C)Cc1csc(C)n1. The van der Waals surface area contributed by atoms with Crippen LogP contribution >= 0.6 is 11.3 Å². The number of para-hydroxylation sites is 1. The van der Waals surface area contributed by atoms with E-state index in [1.54, 1.807) is 24.3 Å². The number of carbonyl (C=O) groups excluding carboxylic acids is 1. The monoisotopic (exact) mass is 304 g/mol. The molecule has 4 nitrogen and oxygen atoms in total. The molecular formula is C16H20N2O2S. The van der Waals surface area contributed by atoms with Gasteiger partial charge in [0.15, 0.2) is 5.78 Å². The molecule has 0 N–H and O–H groups in total. The highest BCUT2D eigenvalue weighted by atomic mass is 32.1. The summed E-state index contributed by atoms with van der Waals surface area (Å²) < 4.78 is 5.73. The van der Waals surface area contributed by atoms with Crippen LogP contribution in [0.3, 0.4) is 0 Å². The first kappa shape index (κ1) is 15.7. The van der Waals surface area contributed by atoms with Gasteiger partial charge in [0, 0.05) is 18.5 Å². The minimum Gasteiger partial charge on any atom is -0.491 e. The van der Waals surface area contributed by atoms with Crippen molar-refractivity contribution in [1.29, 1.82) is 0 Å². The van der Waals surface area contributed by atoms with Crippen molar-refractivity contribution in [2.24, 2.45) is 0 Å². The average molecular weight is 304 g/mol. The minimum absolute atomic E-state index is 0.0249. The molecule has 0 saturated carbocycles. The molecule has 1 aromatic carbocycles. The zero-order valence-electron chi connectivity index (χ0n) is 12.6. The van der Waals surface area contributed by atoms with Crippen LogP contribution in [0.25, 0.3) is 0 Å². The molecule has 0 saturated heterocycles. The van der Waals surface area contributed by atoms with Gasteiger partial charge in [-0.2, -0.15) is 0 Å². The fraction of sp³-hybridized carbons (Fsp3) is 0.375. The van der Waals surface area contributed by atoms with Gasteiger partial charge in [0.2, 0.25) is 0 Å². The van der Waals surface area contributed by atoms with Gasteiger partial charge in [-0.1, -0.05) is 12.1 Å². The largest absolute Gasteiger partial charge is 0.491 e. The summed E-state index contributed by atoms with van der Waals surface area (Å²) in [6, 6.07) is 7.35. The Hall–Kier alpha value is -1.72. The Morgan fingerprint density at radius 1 is 1.38 bits per heavy atom. The third-order valence-electron chi connectivity index (χ3n) is 3.10. The zero-order chi connectivity index (χ0) is 15.2. The summed E-state index contributed by atoms with van der Waals surface area (Å²) in [5.41, 5.74) is 1.72. The van der Waals surface area contributed by atoms with Gasteiger partial charge in [0.05, 0.1) is 16.3 Å². The van der Waals surface area contributed by atoms with E-state index in [0.29, 0.717) is 17.9 Å². The van der Waals surface area contributed by atoms with Gasteiger partial charge >= 0.3 is 0 Å². The first-order valence-electron chi connectivity index (χ1n) is 6.88. The number of Topliss-reactive ketones (excluding diaryl/α,β-unsaturated/α-hetero) is 1. The van der Waals surface area contributed by atoms with Crippen molar-refractivity contribution in [3.8, 4) is 5.75 Å². The van der Waals surface area contributed by atoms with Crippen LogP contribution in [0, 0.1) is 6.92 Å². The number of ketones is 1. The number of aryl methyl sites for hydroxylation is 1. The number of ether oxygens (including phenoxy) is 1. The number of benzene rings is 1. The summed E-state index contributed by atoms with van der Waals surface area (Å²) in [4.78, 5) is 18.1. The maximum atomic E-state index is 11.5. The first-order valence-corrected chi connectivity index (χ1v) is 7.76. The Balaban J connectivity index is 1.83. The third-order valence-corrected chi connectivity index (χ3v) is 3.92. The van der Waals surface area contributed by atoms with Gasteiger partial charge in [-0.05, 0) is 33.0 Å². The standard InChI is InChI=1S/C16H20N2O2S/c1-12(19)15-6-4-5-7-16(15)20-9-8-18(3)10-14-11-21-13(2)17-14/h4-7,11H,8-10H2,1-3H3. The zero-order valence-corrected chi connectivity index (χ0v) is 13.4. The number of likely N-dealkylation sites (N-methyl/N-ethyl adjacent to an activating group) is 1. The van der Waals surface area contributed by atoms with Crippen molar-refractivity contribution in [2.75, 3.05) is 20.2 Å². The fourth-order valence-corrected chi connectivity index (χ4v) is 2.64. The topological polar surface area (TPSA) is 42.4 Å². The summed E-state index contributed by atoms with van der Waals surface area (Å²) in [5.74, 6) is 0.680. The summed E-state index contributed by atoms with van der Waals surface area (Å²) >= 11 is 1.67. The normalized spacial score (nSPS) is 10.9. The lowest BCUT2D eigenvalue weighted by Crippen LogP contribution is -2.24. The van der Waals surface area contributed by atoms with Crippen LogP contribution in [0.2, 0.25) is 0 Å². The molecule has 0 unspecified atom stereocenters. The van der Waals surface area contributed by atoms with Crippen LogP contribution in [-0.4, -0.2) is 35.9 Å². The van der Waals surface area contributed by atoms with Crippen molar-refractivity contribution in [1.82, 2.24) is 9.88 Å². The Morgan fingerprint density at radius 2 is 2.14 bits per heavy atom. The summed E-state index contributed by atoms with van der Waals surface area (Å²) in [6.45, 7) is 5.70. The van der Waals surface area contributed by atoms with Gasteiger partial charge in [-0.15, -0.1) is 11.3 Å². The molecule has 0 atom stereocenters. The van der Waals surface area contributed by atoms with E-state index < -0.39 is 0 Å². The number of hydrogen-bond donors (Lipinski definition) is 0. The molecule has 0 fully saturated rings. The van der Waals surface area contributed by atoms with Crippen LogP contribution in [-0.2, 0) is 6.54 Å². The number of rotatable bonds is 7. The highest BCUT2D eigenvalue weighted by molar-refractivity contribution is 7.09. The average Bonchev–Trinajstić information content (AvgIpc) is 2.84. The molecule has 0 aliphatic carbocycles. The smallest absolute Gasteiger partial charge is 0.163 e. The lowest BCUT2D eigenvalue weighted by Gasteiger charge is -2.16. The van der Waals surface area contributed by atoms with Gasteiger partial charge in [0.25, 0.3) is 0 Å². The van der Waals surface area contributed by atoms with Gasteiger partial charge < -0.3 is 4.74 Å². The number of nitrogens with zero attached hydrogens (tertiary/aromatic N) is 2. The Bertz CT molecular complexity index is 610. The molecule has 21 heavy (non-hydrogen) atoms. The van der Waals surface area contributed by atoms with Crippen molar-refractivity contribution in [3.05, 3.63) is 45.9 Å². The summed E-state index contributed by atoms with van der Waals surface area (Å²) in [5, 5.41) is 3.17. The second kappa shape index (κ2) is 7.33. The van der Waals surface area contributed by atoms with Crippen LogP contribution in [0.5, 0.6) is 5.75 Å². The van der Waals surface area contributed by atoms with Gasteiger partial charge in [-0.25, -0.2) is 4.98 Å². The van der Waals surface area contributed by atoms with E-state index in [4.69, 9.17) is 4.74 Å². The van der Waals surface area contributed by atoms with Crippen molar-refractivity contribution >= 4 is 17.1 Å². The predicted octanol–water partition coefficient (Wildman–Crippen LogP) is 3.16. The number of thiazole rings is 1. The predicted molar refractivity (Wildman–Crippen MR) is 85.1 cm³/mol. The summed E-state index contributed by atoms with van der Waals surface area (Å²) in [7, 11) is 2.04. The molecule has 112 valence electrons. The molecule has 0 bridgehead atoms. The highest BCUT2D eigenvalue weighted by Gasteiger charge is 2.08. The third kappa shape index (κ3) is 4.65. The van der Waals surface area contributed by atoms with Crippen molar-refractivity contribution in [3.63, 3.8) is 0 Å². The molecule has 0 radical (unpaired) electrons. The van der Waals surface area contributed by atoms with Gasteiger partial charge in [0.1, 0.15) is 12.4 Å².